The lowest BCUT2D eigenvalue weighted by Gasteiger charge is -2.36. The van der Waals surface area contributed by atoms with E-state index in [0.29, 0.717) is 18.9 Å². The molecular weight excluding hydrogens is 270 g/mol. The Kier molecular flexibility index (Phi) is 3.90. The number of ether oxygens (including phenoxy) is 1. The average molecular weight is 289 g/mol. The van der Waals surface area contributed by atoms with Crippen molar-refractivity contribution in [3.8, 4) is 0 Å². The van der Waals surface area contributed by atoms with Crippen molar-refractivity contribution in [2.45, 2.75) is 13.0 Å². The van der Waals surface area contributed by atoms with Crippen molar-refractivity contribution in [3.05, 3.63) is 24.3 Å². The van der Waals surface area contributed by atoms with Crippen molar-refractivity contribution < 1.29 is 14.3 Å². The lowest BCUT2D eigenvalue weighted by Crippen LogP contribution is -2.53. The van der Waals surface area contributed by atoms with Gasteiger partial charge in [-0.2, -0.15) is 0 Å². The molecule has 0 aromatic heterocycles. The number of benzene rings is 1. The van der Waals surface area contributed by atoms with Gasteiger partial charge in [0.2, 0.25) is 11.8 Å². The van der Waals surface area contributed by atoms with Gasteiger partial charge in [0, 0.05) is 13.1 Å². The molecule has 3 rings (SSSR count). The molecule has 0 saturated carbocycles. The van der Waals surface area contributed by atoms with E-state index in [0.717, 1.165) is 18.8 Å². The van der Waals surface area contributed by atoms with E-state index >= 15 is 0 Å². The normalized spacial score (nSPS) is 20.6. The van der Waals surface area contributed by atoms with Crippen molar-refractivity contribution in [2.24, 2.45) is 0 Å². The van der Waals surface area contributed by atoms with Gasteiger partial charge in [-0.1, -0.05) is 12.1 Å². The number of para-hydroxylation sites is 2. The van der Waals surface area contributed by atoms with Gasteiger partial charge >= 0.3 is 0 Å². The van der Waals surface area contributed by atoms with Crippen molar-refractivity contribution >= 4 is 23.2 Å². The molecule has 21 heavy (non-hydrogen) atoms. The Morgan fingerprint density at radius 2 is 2.00 bits per heavy atom. The quantitative estimate of drug-likeness (QED) is 0.870. The first-order valence-electron chi connectivity index (χ1n) is 7.19. The zero-order chi connectivity index (χ0) is 14.8. The molecule has 0 radical (unpaired) electrons. The van der Waals surface area contributed by atoms with Crippen molar-refractivity contribution in [1.82, 2.24) is 4.90 Å². The predicted octanol–water partition coefficient (Wildman–Crippen LogP) is 0.692. The van der Waals surface area contributed by atoms with Crippen LogP contribution in [0.3, 0.4) is 0 Å². The zero-order valence-electron chi connectivity index (χ0n) is 12.0. The van der Waals surface area contributed by atoms with Crippen LogP contribution in [0.4, 0.5) is 11.4 Å². The van der Waals surface area contributed by atoms with Crippen LogP contribution in [-0.4, -0.2) is 55.6 Å². The summed E-state index contributed by atoms with van der Waals surface area (Å²) in [5.74, 6) is -0.199. The second kappa shape index (κ2) is 5.83. The summed E-state index contributed by atoms with van der Waals surface area (Å²) in [5, 5.41) is 2.80. The van der Waals surface area contributed by atoms with E-state index in [1.807, 2.05) is 31.2 Å². The van der Waals surface area contributed by atoms with Crippen LogP contribution in [-0.2, 0) is 14.3 Å². The third kappa shape index (κ3) is 2.77. The number of fused-ring (bicyclic) bond motifs is 1. The molecule has 1 N–H and O–H groups in total. The molecule has 6 heteroatoms. The molecule has 6 nitrogen and oxygen atoms in total. The summed E-state index contributed by atoms with van der Waals surface area (Å²) < 4.78 is 5.32. The number of anilines is 2. The maximum atomic E-state index is 12.8. The van der Waals surface area contributed by atoms with Crippen molar-refractivity contribution in [1.29, 1.82) is 0 Å². The monoisotopic (exact) mass is 289 g/mol. The molecule has 1 fully saturated rings. The first-order valence-corrected chi connectivity index (χ1v) is 7.19. The predicted molar refractivity (Wildman–Crippen MR) is 79.3 cm³/mol. The second-order valence-electron chi connectivity index (χ2n) is 5.31. The molecule has 2 aliphatic rings. The zero-order valence-corrected chi connectivity index (χ0v) is 12.0. The molecule has 1 saturated heterocycles. The summed E-state index contributed by atoms with van der Waals surface area (Å²) in [6, 6.07) is 7.13. The number of hydrogen-bond acceptors (Lipinski definition) is 4. The molecule has 1 aromatic carbocycles. The third-order valence-corrected chi connectivity index (χ3v) is 3.99. The molecule has 112 valence electrons. The van der Waals surface area contributed by atoms with E-state index in [1.54, 1.807) is 4.90 Å². The Hall–Kier alpha value is -1.92. The van der Waals surface area contributed by atoms with Crippen LogP contribution >= 0.6 is 0 Å². The molecule has 0 aliphatic carbocycles. The molecule has 0 bridgehead atoms. The Balaban J connectivity index is 1.82. The van der Waals surface area contributed by atoms with Crippen LogP contribution in [0.25, 0.3) is 0 Å². The number of nitrogens with one attached hydrogen (secondary N) is 1. The summed E-state index contributed by atoms with van der Waals surface area (Å²) in [5.41, 5.74) is 1.46. The molecule has 2 amide bonds. The van der Waals surface area contributed by atoms with Gasteiger partial charge in [-0.05, 0) is 19.1 Å². The highest BCUT2D eigenvalue weighted by atomic mass is 16.5. The first kappa shape index (κ1) is 14.0. The fourth-order valence-corrected chi connectivity index (χ4v) is 2.78. The second-order valence-corrected chi connectivity index (χ2v) is 5.31. The SMILES string of the molecule is C[C@@H](C(=O)N1CC(=O)Nc2ccccc21)N1CCOCC1. The van der Waals surface area contributed by atoms with E-state index in [4.69, 9.17) is 4.74 Å². The van der Waals surface area contributed by atoms with Crippen molar-refractivity contribution in [2.75, 3.05) is 43.1 Å². The minimum atomic E-state index is -0.257. The van der Waals surface area contributed by atoms with Gasteiger partial charge in [0.1, 0.15) is 6.54 Å². The lowest BCUT2D eigenvalue weighted by molar-refractivity contribution is -0.126. The summed E-state index contributed by atoms with van der Waals surface area (Å²) >= 11 is 0. The molecule has 0 unspecified atom stereocenters. The maximum Gasteiger partial charge on any atom is 0.244 e. The van der Waals surface area contributed by atoms with Gasteiger partial charge in [0.25, 0.3) is 0 Å². The van der Waals surface area contributed by atoms with E-state index in [9.17, 15) is 9.59 Å². The Morgan fingerprint density at radius 1 is 1.29 bits per heavy atom. The van der Waals surface area contributed by atoms with Gasteiger partial charge < -0.3 is 10.1 Å². The van der Waals surface area contributed by atoms with Gasteiger partial charge in [0.15, 0.2) is 0 Å². The van der Waals surface area contributed by atoms with Crippen LogP contribution in [0.1, 0.15) is 6.92 Å². The molecule has 2 heterocycles. The number of carbonyl (C=O) groups is 2. The van der Waals surface area contributed by atoms with Crippen LogP contribution < -0.4 is 10.2 Å². The fourth-order valence-electron chi connectivity index (χ4n) is 2.78. The summed E-state index contributed by atoms with van der Waals surface area (Å²) in [4.78, 5) is 28.2. The van der Waals surface area contributed by atoms with Gasteiger partial charge in [-0.25, -0.2) is 0 Å². The Morgan fingerprint density at radius 3 is 2.76 bits per heavy atom. The average Bonchev–Trinajstić information content (AvgIpc) is 2.53. The third-order valence-electron chi connectivity index (χ3n) is 3.99. The number of rotatable bonds is 2. The fraction of sp³-hybridized carbons (Fsp3) is 0.467. The van der Waals surface area contributed by atoms with Crippen LogP contribution in [0.2, 0.25) is 0 Å². The Bertz CT molecular complexity index is 555. The topological polar surface area (TPSA) is 61.9 Å². The minimum absolute atomic E-state index is 0.0424. The van der Waals surface area contributed by atoms with Crippen LogP contribution in [0.15, 0.2) is 24.3 Å². The van der Waals surface area contributed by atoms with Crippen LogP contribution in [0.5, 0.6) is 0 Å². The highest BCUT2D eigenvalue weighted by Crippen LogP contribution is 2.29. The largest absolute Gasteiger partial charge is 0.379 e. The van der Waals surface area contributed by atoms with Gasteiger partial charge in [-0.3, -0.25) is 19.4 Å². The molecular formula is C15H19N3O3. The van der Waals surface area contributed by atoms with E-state index < -0.39 is 0 Å². The number of nitrogens with zero attached hydrogens (tertiary/aromatic N) is 2. The molecule has 2 aliphatic heterocycles. The first-order chi connectivity index (χ1) is 10.2. The van der Waals surface area contributed by atoms with Gasteiger partial charge in [0.05, 0.1) is 30.6 Å². The maximum absolute atomic E-state index is 12.8. The summed E-state index contributed by atoms with van der Waals surface area (Å²) in [6.45, 7) is 4.75. The summed E-state index contributed by atoms with van der Waals surface area (Å²) in [7, 11) is 0. The smallest absolute Gasteiger partial charge is 0.244 e. The Labute approximate surface area is 123 Å². The lowest BCUT2D eigenvalue weighted by atomic mass is 10.1. The minimum Gasteiger partial charge on any atom is -0.379 e. The highest BCUT2D eigenvalue weighted by molar-refractivity contribution is 6.11. The van der Waals surface area contributed by atoms with Crippen molar-refractivity contribution in [3.63, 3.8) is 0 Å². The van der Waals surface area contributed by atoms with E-state index in [1.165, 1.54) is 0 Å². The standard InChI is InChI=1S/C15H19N3O3/c1-11(17-6-8-21-9-7-17)15(20)18-10-14(19)16-12-4-2-3-5-13(12)18/h2-5,11H,6-10H2,1H3,(H,16,19)/t11-/m0/s1. The van der Waals surface area contributed by atoms with Crippen LogP contribution in [0, 0.1) is 0 Å². The highest BCUT2D eigenvalue weighted by Gasteiger charge is 2.32. The molecule has 1 atom stereocenters. The molecule has 0 spiro atoms. The number of amides is 2. The summed E-state index contributed by atoms with van der Waals surface area (Å²) in [6.07, 6.45) is 0. The number of hydrogen-bond donors (Lipinski definition) is 1. The van der Waals surface area contributed by atoms with Gasteiger partial charge in [-0.15, -0.1) is 0 Å². The molecule has 1 aromatic rings. The number of morpholine rings is 1. The van der Waals surface area contributed by atoms with E-state index in [2.05, 4.69) is 10.2 Å². The number of carbonyl (C=O) groups excluding carboxylic acids is 2. The van der Waals surface area contributed by atoms with E-state index in [-0.39, 0.29) is 24.4 Å².